The highest BCUT2D eigenvalue weighted by molar-refractivity contribution is 9.10. The Bertz CT molecular complexity index is 1430. The number of carbonyl (C=O) groups is 3. The van der Waals surface area contributed by atoms with Crippen LogP contribution in [0.2, 0.25) is 0 Å². The van der Waals surface area contributed by atoms with Crippen LogP contribution in [0, 0.1) is 6.92 Å². The lowest BCUT2D eigenvalue weighted by Crippen LogP contribution is -2.29. The first kappa shape index (κ1) is 20.1. The van der Waals surface area contributed by atoms with Gasteiger partial charge in [0.25, 0.3) is 11.8 Å². The van der Waals surface area contributed by atoms with Crippen molar-refractivity contribution in [3.63, 3.8) is 0 Å². The molecule has 3 heterocycles. The molecular formula is C23H16BrN5O3. The van der Waals surface area contributed by atoms with Crippen LogP contribution >= 0.6 is 15.9 Å². The predicted molar refractivity (Wildman–Crippen MR) is 123 cm³/mol. The van der Waals surface area contributed by atoms with Gasteiger partial charge in [-0.05, 0) is 55.5 Å². The Kier molecular flexibility index (Phi) is 4.63. The zero-order valence-corrected chi connectivity index (χ0v) is 18.7. The van der Waals surface area contributed by atoms with Crippen molar-refractivity contribution in [2.24, 2.45) is 0 Å². The first-order valence-electron chi connectivity index (χ1n) is 9.76. The molecule has 1 aliphatic heterocycles. The molecular weight excluding hydrogens is 474 g/mol. The summed E-state index contributed by atoms with van der Waals surface area (Å²) in [4.78, 5) is 43.3. The number of aryl methyl sites for hydroxylation is 1. The van der Waals surface area contributed by atoms with E-state index in [1.54, 1.807) is 35.9 Å². The number of imide groups is 1. The van der Waals surface area contributed by atoms with Gasteiger partial charge < -0.3 is 5.32 Å². The number of fused-ring (bicyclic) bond motifs is 3. The Morgan fingerprint density at radius 3 is 2.28 bits per heavy atom. The van der Waals surface area contributed by atoms with Crippen molar-refractivity contribution in [2.75, 3.05) is 10.2 Å². The number of carbonyl (C=O) groups excluding carboxylic acids is 3. The van der Waals surface area contributed by atoms with Crippen LogP contribution in [0.5, 0.6) is 0 Å². The largest absolute Gasteiger partial charge is 0.326 e. The second kappa shape index (κ2) is 7.38. The molecule has 2 aromatic heterocycles. The molecule has 0 aliphatic carbocycles. The fourth-order valence-corrected chi connectivity index (χ4v) is 4.12. The molecule has 5 rings (SSSR count). The summed E-state index contributed by atoms with van der Waals surface area (Å²) in [6.45, 7) is 3.20. The minimum absolute atomic E-state index is 0.204. The van der Waals surface area contributed by atoms with Gasteiger partial charge in [0.1, 0.15) is 0 Å². The molecule has 1 N–H and O–H groups in total. The van der Waals surface area contributed by atoms with Crippen LogP contribution in [-0.2, 0) is 4.79 Å². The molecule has 1 aliphatic rings. The third kappa shape index (κ3) is 3.09. The molecule has 0 spiro atoms. The van der Waals surface area contributed by atoms with Crippen LogP contribution in [0.15, 0.2) is 59.2 Å². The Morgan fingerprint density at radius 1 is 0.969 bits per heavy atom. The summed E-state index contributed by atoms with van der Waals surface area (Å²) in [6.07, 6.45) is 1.43. The number of amides is 3. The smallest absolute Gasteiger partial charge is 0.267 e. The van der Waals surface area contributed by atoms with Crippen LogP contribution in [0.1, 0.15) is 33.3 Å². The van der Waals surface area contributed by atoms with Crippen molar-refractivity contribution >= 4 is 56.1 Å². The van der Waals surface area contributed by atoms with Crippen LogP contribution in [0.25, 0.3) is 16.7 Å². The fraction of sp³-hybridized carbons (Fsp3) is 0.0870. The molecule has 4 aromatic rings. The molecule has 0 atom stereocenters. The quantitative estimate of drug-likeness (QED) is 0.433. The molecule has 8 nitrogen and oxygen atoms in total. The number of hydrogen-bond donors (Lipinski definition) is 1. The number of halogens is 1. The number of nitrogens with zero attached hydrogens (tertiary/aromatic N) is 4. The van der Waals surface area contributed by atoms with Crippen LogP contribution in [-0.4, -0.2) is 32.5 Å². The van der Waals surface area contributed by atoms with E-state index in [2.05, 4.69) is 31.3 Å². The average molecular weight is 490 g/mol. The van der Waals surface area contributed by atoms with Crippen molar-refractivity contribution in [2.45, 2.75) is 13.8 Å². The third-order valence-corrected chi connectivity index (χ3v) is 5.77. The minimum atomic E-state index is -0.442. The maximum atomic E-state index is 13.4. The van der Waals surface area contributed by atoms with E-state index >= 15 is 0 Å². The summed E-state index contributed by atoms with van der Waals surface area (Å²) in [5.74, 6) is -1.07. The normalized spacial score (nSPS) is 13.0. The third-order valence-electron chi connectivity index (χ3n) is 5.24. The van der Waals surface area contributed by atoms with Gasteiger partial charge in [0.15, 0.2) is 5.65 Å². The van der Waals surface area contributed by atoms with Gasteiger partial charge in [-0.1, -0.05) is 15.9 Å². The number of aromatic nitrogens is 3. The molecule has 2 aromatic carbocycles. The van der Waals surface area contributed by atoms with E-state index in [1.807, 2.05) is 24.3 Å². The van der Waals surface area contributed by atoms with E-state index in [0.717, 1.165) is 15.1 Å². The van der Waals surface area contributed by atoms with Crippen molar-refractivity contribution in [3.8, 4) is 5.69 Å². The van der Waals surface area contributed by atoms with Crippen LogP contribution in [0.4, 0.5) is 11.4 Å². The van der Waals surface area contributed by atoms with Crippen molar-refractivity contribution in [1.82, 2.24) is 14.8 Å². The number of hydrogen-bond acceptors (Lipinski definition) is 5. The van der Waals surface area contributed by atoms with Gasteiger partial charge >= 0.3 is 0 Å². The zero-order chi connectivity index (χ0) is 22.6. The summed E-state index contributed by atoms with van der Waals surface area (Å²) in [5, 5.41) is 7.80. The highest BCUT2D eigenvalue weighted by Crippen LogP contribution is 2.35. The van der Waals surface area contributed by atoms with Gasteiger partial charge in [-0.3, -0.25) is 14.4 Å². The molecule has 0 radical (unpaired) electrons. The summed E-state index contributed by atoms with van der Waals surface area (Å²) in [6, 6.07) is 14.1. The summed E-state index contributed by atoms with van der Waals surface area (Å²) in [5.41, 5.74) is 3.44. The Labute approximate surface area is 191 Å². The van der Waals surface area contributed by atoms with Gasteiger partial charge in [-0.15, -0.1) is 0 Å². The van der Waals surface area contributed by atoms with Gasteiger partial charge in [0, 0.05) is 23.3 Å². The van der Waals surface area contributed by atoms with E-state index in [-0.39, 0.29) is 11.5 Å². The van der Waals surface area contributed by atoms with E-state index in [0.29, 0.717) is 33.7 Å². The minimum Gasteiger partial charge on any atom is -0.326 e. The van der Waals surface area contributed by atoms with Gasteiger partial charge in [0.05, 0.1) is 33.6 Å². The second-order valence-electron chi connectivity index (χ2n) is 7.39. The first-order valence-corrected chi connectivity index (χ1v) is 10.5. The highest BCUT2D eigenvalue weighted by atomic mass is 79.9. The molecule has 32 heavy (non-hydrogen) atoms. The fourth-order valence-electron chi connectivity index (χ4n) is 3.85. The lowest BCUT2D eigenvalue weighted by Gasteiger charge is -2.14. The van der Waals surface area contributed by atoms with Crippen molar-refractivity contribution in [1.29, 1.82) is 0 Å². The first-order chi connectivity index (χ1) is 15.3. The van der Waals surface area contributed by atoms with E-state index in [1.165, 1.54) is 13.1 Å². The monoisotopic (exact) mass is 489 g/mol. The van der Waals surface area contributed by atoms with Crippen molar-refractivity contribution < 1.29 is 14.4 Å². The maximum absolute atomic E-state index is 13.4. The van der Waals surface area contributed by atoms with Gasteiger partial charge in [0.2, 0.25) is 5.91 Å². The number of nitrogens with one attached hydrogen (secondary N) is 1. The molecule has 0 saturated carbocycles. The lowest BCUT2D eigenvalue weighted by molar-refractivity contribution is -0.114. The van der Waals surface area contributed by atoms with E-state index in [4.69, 9.17) is 0 Å². The van der Waals surface area contributed by atoms with Crippen LogP contribution in [0.3, 0.4) is 0 Å². The number of rotatable bonds is 3. The average Bonchev–Trinajstić information content (AvgIpc) is 3.23. The standard InChI is InChI=1S/C23H16BrN5O3/c1-12-19-20-18(11-25-21(19)29(27-12)17-7-3-14(24)4-8-17)22(31)28(23(20)32)16-9-5-15(6-10-16)26-13(2)30/h3-11H,1-2H3,(H,26,30). The molecule has 0 fully saturated rings. The Morgan fingerprint density at radius 2 is 1.62 bits per heavy atom. The Balaban J connectivity index is 1.60. The summed E-state index contributed by atoms with van der Waals surface area (Å²) < 4.78 is 2.60. The predicted octanol–water partition coefficient (Wildman–Crippen LogP) is 4.25. The number of benzene rings is 2. The molecule has 0 unspecified atom stereocenters. The van der Waals surface area contributed by atoms with Gasteiger partial charge in [-0.25, -0.2) is 14.6 Å². The summed E-state index contributed by atoms with van der Waals surface area (Å²) in [7, 11) is 0. The molecule has 9 heteroatoms. The SMILES string of the molecule is CC(=O)Nc1ccc(N2C(=O)c3cnc4c(c(C)nn4-c4ccc(Br)cc4)c3C2=O)cc1. The second-order valence-corrected chi connectivity index (χ2v) is 8.31. The van der Waals surface area contributed by atoms with Crippen molar-refractivity contribution in [3.05, 3.63) is 76.0 Å². The zero-order valence-electron chi connectivity index (χ0n) is 17.1. The van der Waals surface area contributed by atoms with Gasteiger partial charge in [-0.2, -0.15) is 5.10 Å². The topological polar surface area (TPSA) is 97.2 Å². The number of pyridine rings is 1. The molecule has 3 amide bonds. The molecule has 0 saturated heterocycles. The molecule has 158 valence electrons. The van der Waals surface area contributed by atoms with E-state index in [9.17, 15) is 14.4 Å². The molecule has 0 bridgehead atoms. The summed E-state index contributed by atoms with van der Waals surface area (Å²) >= 11 is 3.42. The number of anilines is 2. The Hall–Kier alpha value is -3.85. The highest BCUT2D eigenvalue weighted by Gasteiger charge is 2.40. The van der Waals surface area contributed by atoms with Crippen LogP contribution < -0.4 is 10.2 Å². The maximum Gasteiger partial charge on any atom is 0.267 e. The van der Waals surface area contributed by atoms with E-state index < -0.39 is 11.8 Å². The lowest BCUT2D eigenvalue weighted by atomic mass is 10.1.